The third kappa shape index (κ3) is 2.68. The number of methoxy groups -OCH3 is 1. The second-order valence-corrected chi connectivity index (χ2v) is 6.92. The Hall–Kier alpha value is -3.00. The van der Waals surface area contributed by atoms with Crippen LogP contribution in [-0.4, -0.2) is 12.2 Å². The molecule has 0 saturated carbocycles. The van der Waals surface area contributed by atoms with E-state index >= 15 is 0 Å². The van der Waals surface area contributed by atoms with Gasteiger partial charge in [-0.1, -0.05) is 72.3 Å². The van der Waals surface area contributed by atoms with Gasteiger partial charge in [0.2, 0.25) is 0 Å². The summed E-state index contributed by atoms with van der Waals surface area (Å²) in [5.41, 5.74) is 3.20. The van der Waals surface area contributed by atoms with Crippen LogP contribution in [0.1, 0.15) is 23.1 Å². The Morgan fingerprint density at radius 2 is 1.58 bits per heavy atom. The van der Waals surface area contributed by atoms with Crippen molar-refractivity contribution in [3.8, 4) is 5.75 Å². The highest BCUT2D eigenvalue weighted by molar-refractivity contribution is 5.64. The summed E-state index contributed by atoms with van der Waals surface area (Å²) in [7, 11) is 1.64. The first kappa shape index (κ1) is 16.5. The maximum absolute atomic E-state index is 10.9. The lowest BCUT2D eigenvalue weighted by Crippen LogP contribution is -2.40. The number of aliphatic hydroxyl groups excluding tert-OH is 1. The van der Waals surface area contributed by atoms with Gasteiger partial charge in [0.05, 0.1) is 7.11 Å². The third-order valence-electron chi connectivity index (χ3n) is 5.28. The summed E-state index contributed by atoms with van der Waals surface area (Å²) in [5.74, 6) is 1.15. The van der Waals surface area contributed by atoms with Gasteiger partial charge in [-0.25, -0.2) is 0 Å². The Morgan fingerprint density at radius 3 is 2.27 bits per heavy atom. The highest BCUT2D eigenvalue weighted by Crippen LogP contribution is 2.40. The molecule has 0 saturated heterocycles. The van der Waals surface area contributed by atoms with E-state index in [1.807, 2.05) is 24.3 Å². The summed E-state index contributed by atoms with van der Waals surface area (Å²) in [6.45, 7) is 2.09. The normalized spacial score (nSPS) is 18.8. The summed E-state index contributed by atoms with van der Waals surface area (Å²) in [6.07, 6.45) is 2.81. The molecule has 2 heteroatoms. The number of fused-ring (bicyclic) bond motifs is 1. The van der Waals surface area contributed by atoms with Crippen LogP contribution in [-0.2, 0) is 5.41 Å². The van der Waals surface area contributed by atoms with Crippen LogP contribution < -0.4 is 15.2 Å². The van der Waals surface area contributed by atoms with Crippen molar-refractivity contribution in [3.63, 3.8) is 0 Å². The SMILES string of the molecule is COc1ccc2c(c1)=C(O)CC(c1ccccc1)(c1ccc(C)cc1)C=2. The van der Waals surface area contributed by atoms with E-state index in [9.17, 15) is 5.11 Å². The van der Waals surface area contributed by atoms with E-state index in [1.54, 1.807) is 7.11 Å². The average molecular weight is 342 g/mol. The number of aliphatic hydroxyl groups is 1. The van der Waals surface area contributed by atoms with Crippen LogP contribution in [0.25, 0.3) is 11.8 Å². The molecule has 2 nitrogen and oxygen atoms in total. The molecule has 1 atom stereocenters. The fraction of sp³-hybridized carbons (Fsp3) is 0.167. The van der Waals surface area contributed by atoms with Crippen molar-refractivity contribution in [3.05, 3.63) is 99.9 Å². The van der Waals surface area contributed by atoms with E-state index in [4.69, 9.17) is 4.74 Å². The lowest BCUT2D eigenvalue weighted by molar-refractivity contribution is 0.412. The highest BCUT2D eigenvalue weighted by atomic mass is 16.5. The standard InChI is InChI=1S/C24H22O2/c1-17-8-11-20(12-9-17)24(19-6-4-3-5-7-19)15-18-10-13-21(26-2)14-22(18)23(25)16-24/h3-15,25H,16H2,1-2H3. The Bertz CT molecular complexity index is 1050. The summed E-state index contributed by atoms with van der Waals surface area (Å²) in [6, 6.07) is 24.9. The fourth-order valence-corrected chi connectivity index (χ4v) is 3.84. The monoisotopic (exact) mass is 342 g/mol. The molecule has 26 heavy (non-hydrogen) atoms. The van der Waals surface area contributed by atoms with Crippen LogP contribution in [0.5, 0.6) is 5.75 Å². The van der Waals surface area contributed by atoms with Gasteiger partial charge >= 0.3 is 0 Å². The number of benzene rings is 3. The smallest absolute Gasteiger partial charge is 0.119 e. The third-order valence-corrected chi connectivity index (χ3v) is 5.28. The Kier molecular flexibility index (Phi) is 4.04. The van der Waals surface area contributed by atoms with Gasteiger partial charge in [0, 0.05) is 17.1 Å². The van der Waals surface area contributed by atoms with Crippen LogP contribution >= 0.6 is 0 Å². The molecular formula is C24H22O2. The van der Waals surface area contributed by atoms with Gasteiger partial charge in [-0.05, 0) is 35.4 Å². The van der Waals surface area contributed by atoms with E-state index in [2.05, 4.69) is 61.5 Å². The lowest BCUT2D eigenvalue weighted by atomic mass is 9.69. The minimum absolute atomic E-state index is 0.388. The van der Waals surface area contributed by atoms with Gasteiger partial charge in [-0.2, -0.15) is 0 Å². The molecule has 0 aliphatic heterocycles. The lowest BCUT2D eigenvalue weighted by Gasteiger charge is -2.34. The molecule has 1 unspecified atom stereocenters. The molecule has 0 fully saturated rings. The first-order chi connectivity index (χ1) is 12.6. The maximum Gasteiger partial charge on any atom is 0.119 e. The first-order valence-corrected chi connectivity index (χ1v) is 8.84. The Morgan fingerprint density at radius 1 is 0.885 bits per heavy atom. The maximum atomic E-state index is 10.9. The minimum Gasteiger partial charge on any atom is -0.512 e. The van der Waals surface area contributed by atoms with Crippen LogP contribution in [0.15, 0.2) is 72.8 Å². The Labute approximate surface area is 153 Å². The molecule has 3 aromatic rings. The number of ether oxygens (including phenoxy) is 1. The Balaban J connectivity index is 2.01. The predicted octanol–water partition coefficient (Wildman–Crippen LogP) is 3.84. The zero-order valence-corrected chi connectivity index (χ0v) is 15.1. The largest absolute Gasteiger partial charge is 0.512 e. The molecular weight excluding hydrogens is 320 g/mol. The first-order valence-electron chi connectivity index (χ1n) is 8.84. The van der Waals surface area contributed by atoms with Crippen molar-refractivity contribution >= 4 is 11.8 Å². The number of aryl methyl sites for hydroxylation is 1. The van der Waals surface area contributed by atoms with Gasteiger partial charge in [0.1, 0.15) is 11.5 Å². The van der Waals surface area contributed by atoms with Crippen molar-refractivity contribution in [2.24, 2.45) is 0 Å². The second kappa shape index (κ2) is 6.38. The number of rotatable bonds is 3. The zero-order valence-electron chi connectivity index (χ0n) is 15.1. The molecule has 130 valence electrons. The zero-order chi connectivity index (χ0) is 18.1. The second-order valence-electron chi connectivity index (χ2n) is 6.92. The molecule has 0 aromatic heterocycles. The molecule has 1 N–H and O–H groups in total. The molecule has 0 bridgehead atoms. The highest BCUT2D eigenvalue weighted by Gasteiger charge is 2.35. The van der Waals surface area contributed by atoms with Gasteiger partial charge in [0.15, 0.2) is 0 Å². The average Bonchev–Trinajstić information content (AvgIpc) is 2.69. The molecule has 0 heterocycles. The number of hydrogen-bond donors (Lipinski definition) is 1. The quantitative estimate of drug-likeness (QED) is 0.784. The summed E-state index contributed by atoms with van der Waals surface area (Å²) in [5, 5.41) is 12.8. The van der Waals surface area contributed by atoms with E-state index in [0.29, 0.717) is 12.2 Å². The van der Waals surface area contributed by atoms with Gasteiger partial charge < -0.3 is 9.84 Å². The summed E-state index contributed by atoms with van der Waals surface area (Å²) in [4.78, 5) is 0. The van der Waals surface area contributed by atoms with E-state index in [0.717, 1.165) is 16.2 Å². The van der Waals surface area contributed by atoms with Gasteiger partial charge in [0.25, 0.3) is 0 Å². The van der Waals surface area contributed by atoms with E-state index < -0.39 is 0 Å². The predicted molar refractivity (Wildman–Crippen MR) is 106 cm³/mol. The molecule has 0 spiro atoms. The van der Waals surface area contributed by atoms with Crippen molar-refractivity contribution in [1.29, 1.82) is 0 Å². The van der Waals surface area contributed by atoms with Crippen LogP contribution in [0.2, 0.25) is 0 Å². The molecule has 0 amide bonds. The fourth-order valence-electron chi connectivity index (χ4n) is 3.84. The summed E-state index contributed by atoms with van der Waals surface area (Å²) < 4.78 is 5.32. The van der Waals surface area contributed by atoms with Crippen molar-refractivity contribution in [1.82, 2.24) is 0 Å². The molecule has 0 radical (unpaired) electrons. The van der Waals surface area contributed by atoms with E-state index in [1.165, 1.54) is 16.7 Å². The molecule has 3 aromatic carbocycles. The number of hydrogen-bond acceptors (Lipinski definition) is 2. The van der Waals surface area contributed by atoms with Crippen molar-refractivity contribution in [2.75, 3.05) is 7.11 Å². The van der Waals surface area contributed by atoms with E-state index in [-0.39, 0.29) is 5.41 Å². The minimum atomic E-state index is -0.388. The molecule has 1 aliphatic rings. The summed E-state index contributed by atoms with van der Waals surface area (Å²) >= 11 is 0. The molecule has 4 rings (SSSR count). The molecule has 1 aliphatic carbocycles. The topological polar surface area (TPSA) is 29.5 Å². The van der Waals surface area contributed by atoms with Crippen molar-refractivity contribution in [2.45, 2.75) is 18.8 Å². The van der Waals surface area contributed by atoms with Crippen molar-refractivity contribution < 1.29 is 9.84 Å². The van der Waals surface area contributed by atoms with Crippen LogP contribution in [0, 0.1) is 6.92 Å². The van der Waals surface area contributed by atoms with Gasteiger partial charge in [-0.3, -0.25) is 0 Å². The van der Waals surface area contributed by atoms with Crippen LogP contribution in [0.3, 0.4) is 0 Å². The van der Waals surface area contributed by atoms with Gasteiger partial charge in [-0.15, -0.1) is 0 Å². The van der Waals surface area contributed by atoms with Crippen LogP contribution in [0.4, 0.5) is 0 Å².